The number of rotatable bonds is 6. The summed E-state index contributed by atoms with van der Waals surface area (Å²) in [5.74, 6) is -2.08. The van der Waals surface area contributed by atoms with Gasteiger partial charge in [0.2, 0.25) is 5.91 Å². The molecule has 1 unspecified atom stereocenters. The molecule has 0 spiro atoms. The van der Waals surface area contributed by atoms with Crippen LogP contribution in [0.2, 0.25) is 0 Å². The first kappa shape index (κ1) is 13.9. The zero-order valence-electron chi connectivity index (χ0n) is 9.47. The van der Waals surface area contributed by atoms with E-state index in [2.05, 4.69) is 5.32 Å². The Morgan fingerprint density at radius 2 is 2.00 bits per heavy atom. The standard InChI is InChI=1S/C9H16N2O5S/c1-17(15,16)5-2-6(7(12)13)11-8(14)9(10)3-4-9/h6H,2-5,10H2,1H3,(H,11,14)(H,12,13). The highest BCUT2D eigenvalue weighted by Crippen LogP contribution is 2.32. The Morgan fingerprint density at radius 3 is 2.35 bits per heavy atom. The van der Waals surface area contributed by atoms with Crippen LogP contribution < -0.4 is 11.1 Å². The fourth-order valence-electron chi connectivity index (χ4n) is 1.25. The zero-order chi connectivity index (χ0) is 13.3. The molecule has 4 N–H and O–H groups in total. The van der Waals surface area contributed by atoms with Crippen molar-refractivity contribution in [1.29, 1.82) is 0 Å². The molecule has 1 atom stereocenters. The molecule has 8 heteroatoms. The largest absolute Gasteiger partial charge is 0.480 e. The lowest BCUT2D eigenvalue weighted by atomic mass is 10.2. The van der Waals surface area contributed by atoms with Gasteiger partial charge >= 0.3 is 5.97 Å². The Morgan fingerprint density at radius 1 is 1.47 bits per heavy atom. The number of hydrogen-bond donors (Lipinski definition) is 3. The highest BCUT2D eigenvalue weighted by atomic mass is 32.2. The van der Waals surface area contributed by atoms with Crippen molar-refractivity contribution in [2.24, 2.45) is 5.73 Å². The normalized spacial score (nSPS) is 19.4. The number of carboxylic acid groups (broad SMARTS) is 1. The number of amides is 1. The molecular weight excluding hydrogens is 248 g/mol. The Balaban J connectivity index is 2.55. The fraction of sp³-hybridized carbons (Fsp3) is 0.778. The second-order valence-corrected chi connectivity index (χ2v) is 6.70. The van der Waals surface area contributed by atoms with Crippen LogP contribution in [0.4, 0.5) is 0 Å². The van der Waals surface area contributed by atoms with E-state index in [0.29, 0.717) is 12.8 Å². The molecule has 1 rings (SSSR count). The van der Waals surface area contributed by atoms with Crippen LogP contribution in [0.3, 0.4) is 0 Å². The summed E-state index contributed by atoms with van der Waals surface area (Å²) in [5, 5.41) is 11.1. The topological polar surface area (TPSA) is 127 Å². The second kappa shape index (κ2) is 4.61. The predicted molar refractivity (Wildman–Crippen MR) is 60.0 cm³/mol. The summed E-state index contributed by atoms with van der Waals surface area (Å²) in [5.41, 5.74) is 4.64. The van der Waals surface area contributed by atoms with Crippen molar-refractivity contribution < 1.29 is 23.1 Å². The molecule has 1 fully saturated rings. The fourth-order valence-corrected chi connectivity index (χ4v) is 1.92. The minimum atomic E-state index is -3.25. The van der Waals surface area contributed by atoms with Gasteiger partial charge in [-0.3, -0.25) is 4.79 Å². The van der Waals surface area contributed by atoms with Gasteiger partial charge in [0.05, 0.1) is 11.3 Å². The monoisotopic (exact) mass is 264 g/mol. The Hall–Kier alpha value is -1.15. The van der Waals surface area contributed by atoms with E-state index in [1.54, 1.807) is 0 Å². The van der Waals surface area contributed by atoms with E-state index >= 15 is 0 Å². The molecule has 0 bridgehead atoms. The maximum absolute atomic E-state index is 11.5. The van der Waals surface area contributed by atoms with Crippen molar-refractivity contribution in [3.63, 3.8) is 0 Å². The van der Waals surface area contributed by atoms with Gasteiger partial charge in [-0.25, -0.2) is 13.2 Å². The quantitative estimate of drug-likeness (QED) is 0.535. The molecule has 1 aliphatic rings. The van der Waals surface area contributed by atoms with E-state index < -0.39 is 33.3 Å². The van der Waals surface area contributed by atoms with Crippen LogP contribution >= 0.6 is 0 Å². The summed E-state index contributed by atoms with van der Waals surface area (Å²) < 4.78 is 21.8. The van der Waals surface area contributed by atoms with Crippen LogP contribution in [-0.2, 0) is 19.4 Å². The molecule has 0 aromatic rings. The molecule has 1 aliphatic carbocycles. The average Bonchev–Trinajstić information content (AvgIpc) is 2.90. The summed E-state index contributed by atoms with van der Waals surface area (Å²) >= 11 is 0. The molecule has 0 aromatic heterocycles. The van der Waals surface area contributed by atoms with Gasteiger partial charge in [0.25, 0.3) is 0 Å². The molecule has 0 aromatic carbocycles. The summed E-state index contributed by atoms with van der Waals surface area (Å²) in [4.78, 5) is 22.4. The molecule has 0 heterocycles. The third-order valence-electron chi connectivity index (χ3n) is 2.62. The van der Waals surface area contributed by atoms with Crippen molar-refractivity contribution in [2.45, 2.75) is 30.8 Å². The van der Waals surface area contributed by atoms with E-state index in [1.807, 2.05) is 0 Å². The van der Waals surface area contributed by atoms with Crippen LogP contribution in [0.15, 0.2) is 0 Å². The van der Waals surface area contributed by atoms with E-state index in [4.69, 9.17) is 10.8 Å². The Labute approximate surface area is 99.3 Å². The number of sulfone groups is 1. The summed E-state index contributed by atoms with van der Waals surface area (Å²) in [7, 11) is -3.25. The van der Waals surface area contributed by atoms with Crippen molar-refractivity contribution in [3.05, 3.63) is 0 Å². The van der Waals surface area contributed by atoms with Crippen LogP contribution in [0.5, 0.6) is 0 Å². The summed E-state index contributed by atoms with van der Waals surface area (Å²) in [6.45, 7) is 0. The molecule has 0 radical (unpaired) electrons. The van der Waals surface area contributed by atoms with E-state index in [9.17, 15) is 18.0 Å². The number of aliphatic carboxylic acids is 1. The maximum atomic E-state index is 11.5. The number of carbonyl (C=O) groups excluding carboxylic acids is 1. The number of hydrogen-bond acceptors (Lipinski definition) is 5. The lowest BCUT2D eigenvalue weighted by Crippen LogP contribution is -2.50. The highest BCUT2D eigenvalue weighted by molar-refractivity contribution is 7.90. The minimum absolute atomic E-state index is 0.157. The van der Waals surface area contributed by atoms with Crippen molar-refractivity contribution >= 4 is 21.7 Å². The highest BCUT2D eigenvalue weighted by Gasteiger charge is 2.46. The third kappa shape index (κ3) is 4.31. The molecular formula is C9H16N2O5S. The first-order valence-corrected chi connectivity index (χ1v) is 7.20. The van der Waals surface area contributed by atoms with Gasteiger partial charge in [-0.2, -0.15) is 0 Å². The third-order valence-corrected chi connectivity index (χ3v) is 3.60. The second-order valence-electron chi connectivity index (χ2n) is 4.44. The average molecular weight is 264 g/mol. The Kier molecular flexibility index (Phi) is 3.78. The molecule has 1 saturated carbocycles. The van der Waals surface area contributed by atoms with Crippen LogP contribution in [0.25, 0.3) is 0 Å². The molecule has 98 valence electrons. The maximum Gasteiger partial charge on any atom is 0.326 e. The van der Waals surface area contributed by atoms with Gasteiger partial charge in [-0.15, -0.1) is 0 Å². The van der Waals surface area contributed by atoms with Gasteiger partial charge in [0.1, 0.15) is 15.9 Å². The molecule has 7 nitrogen and oxygen atoms in total. The zero-order valence-corrected chi connectivity index (χ0v) is 10.3. The van der Waals surface area contributed by atoms with Gasteiger partial charge in [0.15, 0.2) is 0 Å². The molecule has 1 amide bonds. The lowest BCUT2D eigenvalue weighted by molar-refractivity contribution is -0.142. The minimum Gasteiger partial charge on any atom is -0.480 e. The number of nitrogens with two attached hydrogens (primary N) is 1. The summed E-state index contributed by atoms with van der Waals surface area (Å²) in [6, 6.07) is -1.21. The first-order valence-electron chi connectivity index (χ1n) is 5.14. The SMILES string of the molecule is CS(=O)(=O)CCC(NC(=O)C1(N)CC1)C(=O)O. The van der Waals surface area contributed by atoms with Gasteiger partial charge in [0, 0.05) is 6.26 Å². The van der Waals surface area contributed by atoms with Gasteiger partial charge in [-0.05, 0) is 19.3 Å². The van der Waals surface area contributed by atoms with Crippen LogP contribution in [0, 0.1) is 0 Å². The molecule has 17 heavy (non-hydrogen) atoms. The number of carboxylic acids is 1. The van der Waals surface area contributed by atoms with Crippen LogP contribution in [-0.4, -0.2) is 49.0 Å². The van der Waals surface area contributed by atoms with Crippen molar-refractivity contribution in [2.75, 3.05) is 12.0 Å². The van der Waals surface area contributed by atoms with Crippen molar-refractivity contribution in [3.8, 4) is 0 Å². The lowest BCUT2D eigenvalue weighted by Gasteiger charge is -2.16. The van der Waals surface area contributed by atoms with E-state index in [1.165, 1.54) is 0 Å². The molecule has 0 saturated heterocycles. The van der Waals surface area contributed by atoms with E-state index in [0.717, 1.165) is 6.26 Å². The van der Waals surface area contributed by atoms with Crippen molar-refractivity contribution in [1.82, 2.24) is 5.32 Å². The summed E-state index contributed by atoms with van der Waals surface area (Å²) in [6.07, 6.45) is 1.91. The first-order chi connectivity index (χ1) is 7.64. The molecule has 0 aliphatic heterocycles. The smallest absolute Gasteiger partial charge is 0.326 e. The van der Waals surface area contributed by atoms with Gasteiger partial charge in [-0.1, -0.05) is 0 Å². The predicted octanol–water partition coefficient (Wildman–Crippen LogP) is -1.52. The van der Waals surface area contributed by atoms with Crippen LogP contribution in [0.1, 0.15) is 19.3 Å². The number of nitrogens with one attached hydrogen (secondary N) is 1. The van der Waals surface area contributed by atoms with Gasteiger partial charge < -0.3 is 16.2 Å². The number of carbonyl (C=O) groups is 2. The Bertz CT molecular complexity index is 427. The van der Waals surface area contributed by atoms with E-state index in [-0.39, 0.29) is 12.2 Å².